The molecule has 32 heavy (non-hydrogen) atoms. The number of amides is 2. The average molecular weight is 469 g/mol. The molecule has 1 unspecified atom stereocenters. The van der Waals surface area contributed by atoms with Gasteiger partial charge in [0.15, 0.2) is 0 Å². The minimum absolute atomic E-state index is 0.155. The summed E-state index contributed by atoms with van der Waals surface area (Å²) in [5.74, 6) is -2.29. The predicted octanol–water partition coefficient (Wildman–Crippen LogP) is 4.27. The van der Waals surface area contributed by atoms with Crippen molar-refractivity contribution in [3.05, 3.63) is 98.7 Å². The first-order chi connectivity index (χ1) is 15.4. The molecule has 0 bridgehead atoms. The Hall–Kier alpha value is -3.42. The number of thiophene rings is 1. The van der Waals surface area contributed by atoms with Crippen molar-refractivity contribution in [3.63, 3.8) is 0 Å². The topological polar surface area (TPSA) is 95.5 Å². The van der Waals surface area contributed by atoms with Gasteiger partial charge in [0, 0.05) is 6.54 Å². The van der Waals surface area contributed by atoms with Gasteiger partial charge in [0.1, 0.15) is 6.04 Å². The number of carboxylic acids is 1. The highest BCUT2D eigenvalue weighted by atomic mass is 35.5. The molecule has 0 aliphatic carbocycles. The summed E-state index contributed by atoms with van der Waals surface area (Å²) in [6, 6.07) is 17.0. The van der Waals surface area contributed by atoms with E-state index < -0.39 is 23.8 Å². The Bertz CT molecular complexity index is 1110. The SMILES string of the molecule is O=C(NCC(NC(=O)c1ccc(C=CCc2ccccc2)cc1Cl)C(=O)O)c1cccs1. The van der Waals surface area contributed by atoms with E-state index in [1.54, 1.807) is 35.7 Å². The summed E-state index contributed by atoms with van der Waals surface area (Å²) in [5, 5.41) is 16.3. The van der Waals surface area contributed by atoms with Crippen LogP contribution in [0.1, 0.15) is 31.2 Å². The molecular weight excluding hydrogens is 448 g/mol. The Morgan fingerprint density at radius 1 is 1.03 bits per heavy atom. The van der Waals surface area contributed by atoms with Gasteiger partial charge in [-0.2, -0.15) is 0 Å². The molecule has 0 aliphatic rings. The van der Waals surface area contributed by atoms with Crippen LogP contribution in [0, 0.1) is 0 Å². The van der Waals surface area contributed by atoms with Crippen molar-refractivity contribution in [2.24, 2.45) is 0 Å². The van der Waals surface area contributed by atoms with Gasteiger partial charge in [-0.3, -0.25) is 9.59 Å². The van der Waals surface area contributed by atoms with Crippen LogP contribution >= 0.6 is 22.9 Å². The lowest BCUT2D eigenvalue weighted by Crippen LogP contribution is -2.48. The molecule has 2 amide bonds. The van der Waals surface area contributed by atoms with Crippen LogP contribution in [0.25, 0.3) is 6.08 Å². The summed E-state index contributed by atoms with van der Waals surface area (Å²) in [5.41, 5.74) is 2.15. The van der Waals surface area contributed by atoms with Gasteiger partial charge in [-0.05, 0) is 41.1 Å². The Morgan fingerprint density at radius 2 is 1.81 bits per heavy atom. The number of carbonyl (C=O) groups is 3. The summed E-state index contributed by atoms with van der Waals surface area (Å²) in [6.07, 6.45) is 4.66. The van der Waals surface area contributed by atoms with Gasteiger partial charge in [-0.25, -0.2) is 4.79 Å². The molecule has 0 spiro atoms. The summed E-state index contributed by atoms with van der Waals surface area (Å²) < 4.78 is 0. The normalized spacial score (nSPS) is 11.8. The highest BCUT2D eigenvalue weighted by Crippen LogP contribution is 2.19. The van der Waals surface area contributed by atoms with E-state index >= 15 is 0 Å². The van der Waals surface area contributed by atoms with Gasteiger partial charge < -0.3 is 15.7 Å². The molecule has 1 heterocycles. The maximum absolute atomic E-state index is 12.6. The third kappa shape index (κ3) is 6.54. The third-order valence-electron chi connectivity index (χ3n) is 4.56. The van der Waals surface area contributed by atoms with E-state index in [-0.39, 0.29) is 17.1 Å². The number of nitrogens with one attached hydrogen (secondary N) is 2. The van der Waals surface area contributed by atoms with Crippen molar-refractivity contribution in [3.8, 4) is 0 Å². The number of aliphatic carboxylic acids is 1. The van der Waals surface area contributed by atoms with Gasteiger partial charge in [0.2, 0.25) is 0 Å². The second-order valence-corrected chi connectivity index (χ2v) is 8.24. The van der Waals surface area contributed by atoms with Crippen molar-refractivity contribution in [1.29, 1.82) is 0 Å². The fraction of sp³-hybridized carbons (Fsp3) is 0.125. The van der Waals surface area contributed by atoms with Crippen molar-refractivity contribution in [2.75, 3.05) is 6.54 Å². The van der Waals surface area contributed by atoms with E-state index in [2.05, 4.69) is 10.6 Å². The van der Waals surface area contributed by atoms with E-state index in [0.29, 0.717) is 4.88 Å². The van der Waals surface area contributed by atoms with Crippen molar-refractivity contribution >= 4 is 46.8 Å². The maximum atomic E-state index is 12.6. The Kier molecular flexibility index (Phi) is 8.19. The third-order valence-corrected chi connectivity index (χ3v) is 5.74. The number of allylic oxidation sites excluding steroid dienone is 1. The van der Waals surface area contributed by atoms with Gasteiger partial charge in [0.25, 0.3) is 11.8 Å². The first kappa shape index (κ1) is 23.2. The van der Waals surface area contributed by atoms with Crippen molar-refractivity contribution in [2.45, 2.75) is 12.5 Å². The second-order valence-electron chi connectivity index (χ2n) is 6.88. The van der Waals surface area contributed by atoms with Gasteiger partial charge in [0.05, 0.1) is 15.5 Å². The summed E-state index contributed by atoms with van der Waals surface area (Å²) in [7, 11) is 0. The van der Waals surface area contributed by atoms with Gasteiger partial charge in [-0.1, -0.05) is 66.2 Å². The highest BCUT2D eigenvalue weighted by Gasteiger charge is 2.23. The molecule has 3 aromatic rings. The molecule has 6 nitrogen and oxygen atoms in total. The largest absolute Gasteiger partial charge is 0.480 e. The van der Waals surface area contributed by atoms with Crippen LogP contribution in [0.4, 0.5) is 0 Å². The number of benzene rings is 2. The maximum Gasteiger partial charge on any atom is 0.328 e. The number of carboxylic acid groups (broad SMARTS) is 1. The van der Waals surface area contributed by atoms with Crippen LogP contribution in [0.3, 0.4) is 0 Å². The Labute approximate surface area is 194 Å². The highest BCUT2D eigenvalue weighted by molar-refractivity contribution is 7.12. The molecule has 1 atom stereocenters. The molecule has 3 N–H and O–H groups in total. The number of carbonyl (C=O) groups excluding carboxylic acids is 2. The molecule has 2 aromatic carbocycles. The lowest BCUT2D eigenvalue weighted by atomic mass is 10.1. The molecule has 0 saturated carbocycles. The lowest BCUT2D eigenvalue weighted by Gasteiger charge is -2.16. The predicted molar refractivity (Wildman–Crippen MR) is 126 cm³/mol. The van der Waals surface area contributed by atoms with Crippen LogP contribution in [0.5, 0.6) is 0 Å². The average Bonchev–Trinajstić information content (AvgIpc) is 3.32. The Morgan fingerprint density at radius 3 is 2.47 bits per heavy atom. The zero-order valence-electron chi connectivity index (χ0n) is 17.0. The molecule has 0 fully saturated rings. The van der Waals surface area contributed by atoms with E-state index in [9.17, 15) is 19.5 Å². The number of rotatable bonds is 9. The summed E-state index contributed by atoms with van der Waals surface area (Å²) >= 11 is 7.51. The van der Waals surface area contributed by atoms with Crippen LogP contribution < -0.4 is 10.6 Å². The zero-order valence-corrected chi connectivity index (χ0v) is 18.5. The standard InChI is InChI=1S/C24H21ClN2O4S/c25-19-14-17(9-4-8-16-6-2-1-3-7-16)11-12-18(19)22(28)27-20(24(30)31)15-26-23(29)21-10-5-13-32-21/h1-7,9-14,20H,8,15H2,(H,26,29)(H,27,28)(H,30,31). The van der Waals surface area contributed by atoms with E-state index in [1.165, 1.54) is 16.9 Å². The molecular formula is C24H21ClN2O4S. The fourth-order valence-corrected chi connectivity index (χ4v) is 3.80. The molecule has 164 valence electrons. The van der Waals surface area contributed by atoms with E-state index in [4.69, 9.17) is 11.6 Å². The molecule has 0 radical (unpaired) electrons. The van der Waals surface area contributed by atoms with Crippen LogP contribution in [-0.2, 0) is 11.2 Å². The zero-order chi connectivity index (χ0) is 22.9. The van der Waals surface area contributed by atoms with Crippen molar-refractivity contribution in [1.82, 2.24) is 10.6 Å². The molecule has 0 saturated heterocycles. The number of halogens is 1. The van der Waals surface area contributed by atoms with Crippen molar-refractivity contribution < 1.29 is 19.5 Å². The monoisotopic (exact) mass is 468 g/mol. The molecule has 3 rings (SSSR count). The van der Waals surface area contributed by atoms with E-state index in [1.807, 2.05) is 42.5 Å². The van der Waals surface area contributed by atoms with Crippen LogP contribution in [0.15, 0.2) is 72.1 Å². The number of hydrogen-bond acceptors (Lipinski definition) is 4. The lowest BCUT2D eigenvalue weighted by molar-refractivity contribution is -0.139. The minimum atomic E-state index is -1.30. The fourth-order valence-electron chi connectivity index (χ4n) is 2.89. The molecule has 8 heteroatoms. The van der Waals surface area contributed by atoms with Crippen LogP contribution in [0.2, 0.25) is 5.02 Å². The molecule has 0 aliphatic heterocycles. The smallest absolute Gasteiger partial charge is 0.328 e. The van der Waals surface area contributed by atoms with Gasteiger partial charge in [-0.15, -0.1) is 11.3 Å². The minimum Gasteiger partial charge on any atom is -0.480 e. The first-order valence-electron chi connectivity index (χ1n) is 9.79. The summed E-state index contributed by atoms with van der Waals surface area (Å²) in [4.78, 5) is 36.6. The summed E-state index contributed by atoms with van der Waals surface area (Å²) in [6.45, 7) is -0.254. The van der Waals surface area contributed by atoms with Crippen LogP contribution in [-0.4, -0.2) is 35.5 Å². The van der Waals surface area contributed by atoms with E-state index in [0.717, 1.165) is 12.0 Å². The molecule has 1 aromatic heterocycles. The first-order valence-corrected chi connectivity index (χ1v) is 11.0. The van der Waals surface area contributed by atoms with Gasteiger partial charge >= 0.3 is 5.97 Å². The Balaban J connectivity index is 1.60. The number of hydrogen-bond donors (Lipinski definition) is 3. The quantitative estimate of drug-likeness (QED) is 0.437. The second kappa shape index (κ2) is 11.3.